The van der Waals surface area contributed by atoms with E-state index in [4.69, 9.17) is 10.2 Å². The van der Waals surface area contributed by atoms with Crippen LogP contribution in [0.1, 0.15) is 19.3 Å². The lowest BCUT2D eigenvalue weighted by Crippen LogP contribution is -1.86. The monoisotopic (exact) mass is 144 g/mol. The third-order valence-electron chi connectivity index (χ3n) is 1.04. The number of carboxylic acid groups (broad SMARTS) is 1. The molecule has 0 heterocycles. The van der Waals surface area contributed by atoms with Crippen molar-refractivity contribution in [1.82, 2.24) is 0 Å². The normalized spacial score (nSPS) is 10.5. The van der Waals surface area contributed by atoms with Crippen LogP contribution in [0, 0.1) is 0 Å². The number of unbranched alkanes of at least 4 members (excludes halogenated alkanes) is 2. The minimum atomic E-state index is -0.913. The Labute approximate surface area is 60.0 Å². The lowest BCUT2D eigenvalue weighted by Gasteiger charge is -1.89. The number of carbonyl (C=O) groups is 1. The van der Waals surface area contributed by atoms with Gasteiger partial charge in [-0.25, -0.2) is 4.79 Å². The number of allylic oxidation sites excluding steroid dienone is 1. The summed E-state index contributed by atoms with van der Waals surface area (Å²) in [6.07, 6.45) is 5.03. The minimum absolute atomic E-state index is 0.181. The summed E-state index contributed by atoms with van der Waals surface area (Å²) < 4.78 is 0. The van der Waals surface area contributed by atoms with Crippen molar-refractivity contribution < 1.29 is 15.0 Å². The predicted molar refractivity (Wildman–Crippen MR) is 37.7 cm³/mol. The van der Waals surface area contributed by atoms with Gasteiger partial charge in [-0.15, -0.1) is 0 Å². The van der Waals surface area contributed by atoms with Crippen LogP contribution in [0.2, 0.25) is 0 Å². The molecule has 0 aliphatic rings. The fourth-order valence-electron chi connectivity index (χ4n) is 0.558. The molecular weight excluding hydrogens is 132 g/mol. The number of rotatable bonds is 5. The topological polar surface area (TPSA) is 57.5 Å². The maximum absolute atomic E-state index is 9.90. The van der Waals surface area contributed by atoms with Crippen LogP contribution < -0.4 is 0 Å². The third-order valence-corrected chi connectivity index (χ3v) is 1.04. The van der Waals surface area contributed by atoms with Crippen molar-refractivity contribution in [2.75, 3.05) is 6.61 Å². The van der Waals surface area contributed by atoms with Gasteiger partial charge >= 0.3 is 5.97 Å². The summed E-state index contributed by atoms with van der Waals surface area (Å²) in [7, 11) is 0. The highest BCUT2D eigenvalue weighted by Gasteiger charge is 1.85. The van der Waals surface area contributed by atoms with Crippen molar-refractivity contribution in [1.29, 1.82) is 0 Å². The van der Waals surface area contributed by atoms with Crippen LogP contribution in [0.4, 0.5) is 0 Å². The Hall–Kier alpha value is -0.830. The van der Waals surface area contributed by atoms with Crippen LogP contribution in [-0.4, -0.2) is 22.8 Å². The molecule has 0 rings (SSSR count). The number of aliphatic carboxylic acids is 1. The van der Waals surface area contributed by atoms with Gasteiger partial charge in [-0.1, -0.05) is 6.08 Å². The van der Waals surface area contributed by atoms with Crippen LogP contribution in [0.15, 0.2) is 12.2 Å². The highest BCUT2D eigenvalue weighted by atomic mass is 16.4. The predicted octanol–water partition coefficient (Wildman–Crippen LogP) is 0.790. The van der Waals surface area contributed by atoms with Gasteiger partial charge in [-0.05, 0) is 19.3 Å². The average Bonchev–Trinajstić information content (AvgIpc) is 1.87. The smallest absolute Gasteiger partial charge is 0.327 e. The van der Waals surface area contributed by atoms with E-state index < -0.39 is 5.97 Å². The molecule has 0 amide bonds. The molecule has 0 spiro atoms. The van der Waals surface area contributed by atoms with E-state index in [1.54, 1.807) is 6.08 Å². The van der Waals surface area contributed by atoms with Gasteiger partial charge in [0, 0.05) is 12.7 Å². The highest BCUT2D eigenvalue weighted by molar-refractivity contribution is 5.79. The van der Waals surface area contributed by atoms with Crippen molar-refractivity contribution in [2.45, 2.75) is 19.3 Å². The number of hydrogen-bond acceptors (Lipinski definition) is 2. The molecular formula is C7H12O3. The van der Waals surface area contributed by atoms with Crippen molar-refractivity contribution >= 4 is 5.97 Å². The molecule has 0 aliphatic carbocycles. The fourth-order valence-corrected chi connectivity index (χ4v) is 0.558. The van der Waals surface area contributed by atoms with Crippen molar-refractivity contribution in [3.8, 4) is 0 Å². The van der Waals surface area contributed by atoms with E-state index in [0.717, 1.165) is 25.3 Å². The average molecular weight is 144 g/mol. The summed E-state index contributed by atoms with van der Waals surface area (Å²) >= 11 is 0. The second-order valence-corrected chi connectivity index (χ2v) is 1.96. The summed E-state index contributed by atoms with van der Waals surface area (Å²) in [6, 6.07) is 0. The first kappa shape index (κ1) is 9.17. The Bertz CT molecular complexity index is 118. The molecule has 0 bridgehead atoms. The van der Waals surface area contributed by atoms with Gasteiger partial charge in [-0.2, -0.15) is 0 Å². The molecule has 0 saturated carbocycles. The Morgan fingerprint density at radius 3 is 2.60 bits per heavy atom. The van der Waals surface area contributed by atoms with Gasteiger partial charge in [0.15, 0.2) is 0 Å². The van der Waals surface area contributed by atoms with Gasteiger partial charge in [0.1, 0.15) is 0 Å². The molecule has 2 N–H and O–H groups in total. The van der Waals surface area contributed by atoms with Crippen LogP contribution in [0.25, 0.3) is 0 Å². The molecule has 0 aliphatic heterocycles. The molecule has 58 valence electrons. The zero-order valence-corrected chi connectivity index (χ0v) is 5.79. The Kier molecular flexibility index (Phi) is 5.77. The first-order valence-corrected chi connectivity index (χ1v) is 3.27. The molecule has 0 unspecified atom stereocenters. The maximum atomic E-state index is 9.90. The van der Waals surface area contributed by atoms with Gasteiger partial charge in [-0.3, -0.25) is 0 Å². The van der Waals surface area contributed by atoms with E-state index in [2.05, 4.69) is 0 Å². The molecule has 0 aromatic rings. The second-order valence-electron chi connectivity index (χ2n) is 1.96. The molecule has 3 heteroatoms. The molecule has 10 heavy (non-hydrogen) atoms. The SMILES string of the molecule is O=C(O)C=CCCCCO. The first-order chi connectivity index (χ1) is 4.77. The molecule has 0 saturated heterocycles. The summed E-state index contributed by atoms with van der Waals surface area (Å²) in [5.41, 5.74) is 0. The zero-order valence-electron chi connectivity index (χ0n) is 5.79. The molecule has 3 nitrogen and oxygen atoms in total. The molecule has 0 atom stereocenters. The van der Waals surface area contributed by atoms with E-state index >= 15 is 0 Å². The van der Waals surface area contributed by atoms with Gasteiger partial charge in [0.25, 0.3) is 0 Å². The standard InChI is InChI=1S/C7H12O3/c8-6-4-2-1-3-5-7(9)10/h3,5,8H,1-2,4,6H2,(H,9,10). The van der Waals surface area contributed by atoms with Gasteiger partial charge in [0.2, 0.25) is 0 Å². The summed E-state index contributed by atoms with van der Waals surface area (Å²) in [5, 5.41) is 16.5. The third kappa shape index (κ3) is 7.17. The van der Waals surface area contributed by atoms with Crippen LogP contribution in [0.3, 0.4) is 0 Å². The Morgan fingerprint density at radius 1 is 1.40 bits per heavy atom. The minimum Gasteiger partial charge on any atom is -0.478 e. The summed E-state index contributed by atoms with van der Waals surface area (Å²) in [5.74, 6) is -0.913. The van der Waals surface area contributed by atoms with Crippen LogP contribution >= 0.6 is 0 Å². The lowest BCUT2D eigenvalue weighted by molar-refractivity contribution is -0.131. The van der Waals surface area contributed by atoms with Gasteiger partial charge < -0.3 is 10.2 Å². The van der Waals surface area contributed by atoms with Crippen molar-refractivity contribution in [3.05, 3.63) is 12.2 Å². The van der Waals surface area contributed by atoms with E-state index in [0.29, 0.717) is 0 Å². The van der Waals surface area contributed by atoms with Crippen molar-refractivity contribution in [3.63, 3.8) is 0 Å². The maximum Gasteiger partial charge on any atom is 0.327 e. The number of aliphatic hydroxyl groups excluding tert-OH is 1. The molecule has 0 aromatic carbocycles. The molecule has 0 radical (unpaired) electrons. The zero-order chi connectivity index (χ0) is 7.82. The highest BCUT2D eigenvalue weighted by Crippen LogP contribution is 1.94. The molecule has 0 fully saturated rings. The Balaban J connectivity index is 3.10. The summed E-state index contributed by atoms with van der Waals surface area (Å²) in [6.45, 7) is 0.181. The number of hydrogen-bond donors (Lipinski definition) is 2. The fraction of sp³-hybridized carbons (Fsp3) is 0.571. The van der Waals surface area contributed by atoms with E-state index in [1.165, 1.54) is 0 Å². The largest absolute Gasteiger partial charge is 0.478 e. The quantitative estimate of drug-likeness (QED) is 0.443. The van der Waals surface area contributed by atoms with Gasteiger partial charge in [0.05, 0.1) is 0 Å². The van der Waals surface area contributed by atoms with E-state index in [9.17, 15) is 4.79 Å². The molecule has 0 aromatic heterocycles. The van der Waals surface area contributed by atoms with E-state index in [1.807, 2.05) is 0 Å². The van der Waals surface area contributed by atoms with Crippen molar-refractivity contribution in [2.24, 2.45) is 0 Å². The van der Waals surface area contributed by atoms with Crippen LogP contribution in [0.5, 0.6) is 0 Å². The first-order valence-electron chi connectivity index (χ1n) is 3.27. The van der Waals surface area contributed by atoms with E-state index in [-0.39, 0.29) is 6.61 Å². The second kappa shape index (κ2) is 6.29. The summed E-state index contributed by atoms with van der Waals surface area (Å²) in [4.78, 5) is 9.90. The number of aliphatic hydroxyl groups is 1. The van der Waals surface area contributed by atoms with Crippen LogP contribution in [-0.2, 0) is 4.79 Å². The lowest BCUT2D eigenvalue weighted by atomic mass is 10.2. The Morgan fingerprint density at radius 2 is 2.10 bits per heavy atom. The number of carboxylic acids is 1.